The number of hydrogen-bond acceptors (Lipinski definition) is 4. The Hall–Kier alpha value is -1.42. The van der Waals surface area contributed by atoms with Crippen LogP contribution < -0.4 is 4.74 Å². The van der Waals surface area contributed by atoms with E-state index in [2.05, 4.69) is 27.4 Å². The highest BCUT2D eigenvalue weighted by molar-refractivity contribution is 8.16. The van der Waals surface area contributed by atoms with Crippen molar-refractivity contribution in [2.75, 3.05) is 20.2 Å². The predicted octanol–water partition coefficient (Wildman–Crippen LogP) is 2.80. The van der Waals surface area contributed by atoms with Crippen LogP contribution in [0.25, 0.3) is 5.70 Å². The Morgan fingerprint density at radius 3 is 2.88 bits per heavy atom. The summed E-state index contributed by atoms with van der Waals surface area (Å²) in [5.74, 6) is 0.896. The maximum Gasteiger partial charge on any atom is 0.168 e. The Balaban J connectivity index is 1.89. The Kier molecular flexibility index (Phi) is 2.81. The third kappa shape index (κ3) is 1.93. The Morgan fingerprint density at radius 2 is 2.12 bits per heavy atom. The van der Waals surface area contributed by atoms with Crippen molar-refractivity contribution in [3.63, 3.8) is 0 Å². The fourth-order valence-electron chi connectivity index (χ4n) is 2.07. The number of ether oxygens (including phenoxy) is 1. The Morgan fingerprint density at radius 1 is 1.29 bits per heavy atom. The molecule has 0 fully saturated rings. The quantitative estimate of drug-likeness (QED) is 0.802. The summed E-state index contributed by atoms with van der Waals surface area (Å²) >= 11 is 1.72. The molecule has 0 aromatic heterocycles. The second-order valence-corrected chi connectivity index (χ2v) is 4.86. The Bertz CT molecular complexity index is 479. The van der Waals surface area contributed by atoms with Gasteiger partial charge in [-0.1, -0.05) is 11.8 Å². The maximum absolute atomic E-state index is 5.18. The third-order valence-electron chi connectivity index (χ3n) is 2.97. The van der Waals surface area contributed by atoms with Gasteiger partial charge in [-0.05, 0) is 36.2 Å². The van der Waals surface area contributed by atoms with Crippen molar-refractivity contribution in [2.24, 2.45) is 4.99 Å². The average molecular weight is 246 g/mol. The van der Waals surface area contributed by atoms with Gasteiger partial charge in [-0.25, -0.2) is 0 Å². The van der Waals surface area contributed by atoms with Gasteiger partial charge in [-0.2, -0.15) is 0 Å². The highest BCUT2D eigenvalue weighted by atomic mass is 32.2. The molecule has 3 rings (SSSR count). The molecule has 0 atom stereocenters. The summed E-state index contributed by atoms with van der Waals surface area (Å²) in [4.78, 5) is 6.83. The zero-order chi connectivity index (χ0) is 11.7. The standard InChI is InChI=1S/C13H14N2OS/c1-16-11-5-3-10(4-6-11)12-9-17-13-14-7-2-8-15(12)13/h3-6,9H,2,7-8H2,1H3. The minimum atomic E-state index is 0.896. The van der Waals surface area contributed by atoms with Gasteiger partial charge in [0.1, 0.15) is 5.75 Å². The van der Waals surface area contributed by atoms with Crippen molar-refractivity contribution in [2.45, 2.75) is 6.42 Å². The zero-order valence-corrected chi connectivity index (χ0v) is 10.5. The Labute approximate surface area is 105 Å². The van der Waals surface area contributed by atoms with Crippen LogP contribution >= 0.6 is 11.8 Å². The first-order valence-corrected chi connectivity index (χ1v) is 6.60. The fourth-order valence-corrected chi connectivity index (χ4v) is 3.03. The third-order valence-corrected chi connectivity index (χ3v) is 3.87. The first-order valence-electron chi connectivity index (χ1n) is 5.72. The van der Waals surface area contributed by atoms with E-state index in [0.717, 1.165) is 30.4 Å². The number of amidine groups is 1. The van der Waals surface area contributed by atoms with Gasteiger partial charge in [0.15, 0.2) is 5.17 Å². The molecule has 2 heterocycles. The van der Waals surface area contributed by atoms with Gasteiger partial charge >= 0.3 is 0 Å². The first-order chi connectivity index (χ1) is 8.38. The summed E-state index contributed by atoms with van der Waals surface area (Å²) < 4.78 is 5.18. The van der Waals surface area contributed by atoms with E-state index < -0.39 is 0 Å². The topological polar surface area (TPSA) is 24.8 Å². The van der Waals surface area contributed by atoms with Crippen LogP contribution in [0.15, 0.2) is 34.7 Å². The SMILES string of the molecule is COc1ccc(C2=CSC3=NCCCN23)cc1. The molecule has 4 heteroatoms. The summed E-state index contributed by atoms with van der Waals surface area (Å²) in [6, 6.07) is 8.20. The van der Waals surface area contributed by atoms with E-state index in [1.54, 1.807) is 18.9 Å². The van der Waals surface area contributed by atoms with E-state index in [4.69, 9.17) is 4.74 Å². The van der Waals surface area contributed by atoms with E-state index in [1.165, 1.54) is 11.3 Å². The maximum atomic E-state index is 5.18. The molecule has 0 bridgehead atoms. The molecule has 1 aromatic carbocycles. The van der Waals surface area contributed by atoms with Crippen LogP contribution in [0.3, 0.4) is 0 Å². The van der Waals surface area contributed by atoms with Crippen molar-refractivity contribution in [1.82, 2.24) is 4.90 Å². The molecule has 0 aliphatic carbocycles. The van der Waals surface area contributed by atoms with E-state index in [1.807, 2.05) is 12.1 Å². The van der Waals surface area contributed by atoms with Crippen LogP contribution in [-0.2, 0) is 0 Å². The van der Waals surface area contributed by atoms with Crippen LogP contribution in [0, 0.1) is 0 Å². The first kappa shape index (κ1) is 10.7. The van der Waals surface area contributed by atoms with E-state index in [9.17, 15) is 0 Å². The van der Waals surface area contributed by atoms with Gasteiger partial charge in [0, 0.05) is 18.5 Å². The lowest BCUT2D eigenvalue weighted by molar-refractivity contribution is 0.414. The molecule has 0 spiro atoms. The summed E-state index contributed by atoms with van der Waals surface area (Å²) in [6.07, 6.45) is 1.14. The number of benzene rings is 1. The lowest BCUT2D eigenvalue weighted by Crippen LogP contribution is -2.28. The van der Waals surface area contributed by atoms with Crippen molar-refractivity contribution in [3.05, 3.63) is 35.2 Å². The van der Waals surface area contributed by atoms with Gasteiger partial charge in [0.25, 0.3) is 0 Å². The summed E-state index contributed by atoms with van der Waals surface area (Å²) in [6.45, 7) is 2.03. The second-order valence-electron chi connectivity index (χ2n) is 4.02. The lowest BCUT2D eigenvalue weighted by Gasteiger charge is -2.25. The smallest absolute Gasteiger partial charge is 0.168 e. The number of rotatable bonds is 2. The van der Waals surface area contributed by atoms with Gasteiger partial charge in [0.2, 0.25) is 0 Å². The molecule has 0 radical (unpaired) electrons. The minimum absolute atomic E-state index is 0.896. The molecule has 0 N–H and O–H groups in total. The molecule has 0 unspecified atom stereocenters. The average Bonchev–Trinajstić information content (AvgIpc) is 2.83. The number of hydrogen-bond donors (Lipinski definition) is 0. The molecule has 88 valence electrons. The summed E-state index contributed by atoms with van der Waals surface area (Å²) in [5.41, 5.74) is 2.49. The van der Waals surface area contributed by atoms with Crippen molar-refractivity contribution < 1.29 is 4.74 Å². The normalized spacial score (nSPS) is 18.5. The molecule has 1 aromatic rings. The van der Waals surface area contributed by atoms with Gasteiger partial charge < -0.3 is 9.64 Å². The summed E-state index contributed by atoms with van der Waals surface area (Å²) in [7, 11) is 1.69. The highest BCUT2D eigenvalue weighted by Gasteiger charge is 2.25. The van der Waals surface area contributed by atoms with Crippen LogP contribution in [0.4, 0.5) is 0 Å². The second kappa shape index (κ2) is 4.45. The molecular formula is C13H14N2OS. The van der Waals surface area contributed by atoms with E-state index in [0.29, 0.717) is 0 Å². The van der Waals surface area contributed by atoms with Crippen LogP contribution in [0.5, 0.6) is 5.75 Å². The van der Waals surface area contributed by atoms with E-state index in [-0.39, 0.29) is 0 Å². The predicted molar refractivity (Wildman–Crippen MR) is 72.2 cm³/mol. The number of thioether (sulfide) groups is 1. The van der Waals surface area contributed by atoms with Crippen molar-refractivity contribution in [1.29, 1.82) is 0 Å². The molecule has 0 amide bonds. The molecule has 0 saturated carbocycles. The molecule has 0 saturated heterocycles. The number of methoxy groups -OCH3 is 1. The number of fused-ring (bicyclic) bond motifs is 1. The molecular weight excluding hydrogens is 232 g/mol. The van der Waals surface area contributed by atoms with Crippen LogP contribution in [0.1, 0.15) is 12.0 Å². The molecule has 3 nitrogen and oxygen atoms in total. The van der Waals surface area contributed by atoms with Gasteiger partial charge in [0.05, 0.1) is 12.8 Å². The number of nitrogens with zero attached hydrogens (tertiary/aromatic N) is 2. The van der Waals surface area contributed by atoms with Crippen LogP contribution in [0.2, 0.25) is 0 Å². The van der Waals surface area contributed by atoms with Crippen molar-refractivity contribution in [3.8, 4) is 5.75 Å². The monoisotopic (exact) mass is 246 g/mol. The van der Waals surface area contributed by atoms with Gasteiger partial charge in [-0.15, -0.1) is 0 Å². The lowest BCUT2D eigenvalue weighted by atomic mass is 10.1. The zero-order valence-electron chi connectivity index (χ0n) is 9.72. The molecule has 2 aliphatic heterocycles. The highest BCUT2D eigenvalue weighted by Crippen LogP contribution is 2.35. The van der Waals surface area contributed by atoms with Crippen molar-refractivity contribution >= 4 is 22.6 Å². The van der Waals surface area contributed by atoms with Crippen LogP contribution in [-0.4, -0.2) is 30.3 Å². The largest absolute Gasteiger partial charge is 0.497 e. The fraction of sp³-hybridized carbons (Fsp3) is 0.308. The molecule has 2 aliphatic rings. The van der Waals surface area contributed by atoms with E-state index >= 15 is 0 Å². The minimum Gasteiger partial charge on any atom is -0.497 e. The van der Waals surface area contributed by atoms with Gasteiger partial charge in [-0.3, -0.25) is 4.99 Å². The summed E-state index contributed by atoms with van der Waals surface area (Å²) in [5, 5.41) is 3.33. The molecule has 17 heavy (non-hydrogen) atoms. The number of aliphatic imine (C=N–C) groups is 1.